The zero-order chi connectivity index (χ0) is 9.14. The van der Waals surface area contributed by atoms with E-state index in [1.807, 2.05) is 0 Å². The smallest absolute Gasteiger partial charge is 0.354 e. The van der Waals surface area contributed by atoms with Crippen LogP contribution in [0.4, 0.5) is 0 Å². The van der Waals surface area contributed by atoms with Crippen molar-refractivity contribution < 1.29 is 9.90 Å². The molecule has 0 amide bonds. The predicted octanol–water partition coefficient (Wildman–Crippen LogP) is 2.44. The van der Waals surface area contributed by atoms with Gasteiger partial charge in [-0.3, -0.25) is 0 Å². The molecule has 1 N–H and O–H groups in total. The predicted molar refractivity (Wildman–Crippen MR) is 51.5 cm³/mol. The van der Waals surface area contributed by atoms with Gasteiger partial charge in [0.25, 0.3) is 0 Å². The van der Waals surface area contributed by atoms with E-state index in [0.29, 0.717) is 15.5 Å². The van der Waals surface area contributed by atoms with Gasteiger partial charge in [-0.05, 0) is 27.6 Å². The van der Waals surface area contributed by atoms with Crippen molar-refractivity contribution in [1.82, 2.24) is 4.98 Å². The highest BCUT2D eigenvalue weighted by atomic mass is 79.9. The molecule has 0 aliphatic heterocycles. The Kier molecular flexibility index (Phi) is 3.22. The van der Waals surface area contributed by atoms with E-state index in [1.165, 1.54) is 0 Å². The third-order valence-corrected chi connectivity index (χ3v) is 2.34. The van der Waals surface area contributed by atoms with Crippen LogP contribution >= 0.6 is 31.9 Å². The summed E-state index contributed by atoms with van der Waals surface area (Å²) in [6.45, 7) is 0. The summed E-state index contributed by atoms with van der Waals surface area (Å²) < 4.78 is 0.532. The quantitative estimate of drug-likeness (QED) is 0.673. The zero-order valence-electron chi connectivity index (χ0n) is 5.92. The number of alkyl halides is 1. The van der Waals surface area contributed by atoms with E-state index >= 15 is 0 Å². The van der Waals surface area contributed by atoms with Crippen molar-refractivity contribution in [3.05, 3.63) is 28.0 Å². The van der Waals surface area contributed by atoms with Gasteiger partial charge in [0.1, 0.15) is 4.60 Å². The van der Waals surface area contributed by atoms with Gasteiger partial charge in [0.2, 0.25) is 0 Å². The zero-order valence-corrected chi connectivity index (χ0v) is 9.09. The second-order valence-electron chi connectivity index (χ2n) is 2.08. The fourth-order valence-electron chi connectivity index (χ4n) is 0.757. The molecular formula is C7H5Br2NO2. The first-order valence-electron chi connectivity index (χ1n) is 3.10. The van der Waals surface area contributed by atoms with Crippen LogP contribution < -0.4 is 0 Å². The van der Waals surface area contributed by atoms with Crippen molar-refractivity contribution in [2.24, 2.45) is 0 Å². The van der Waals surface area contributed by atoms with Crippen LogP contribution in [0.1, 0.15) is 16.1 Å². The lowest BCUT2D eigenvalue weighted by Gasteiger charge is -2.00. The molecule has 3 nitrogen and oxygen atoms in total. The normalized spacial score (nSPS) is 9.83. The van der Waals surface area contributed by atoms with Gasteiger partial charge in [-0.15, -0.1) is 0 Å². The standard InChI is InChI=1S/C7H5Br2NO2/c8-3-4-1-2-5(9)10-6(4)7(11)12/h1-2H,3H2,(H,11,12). The Morgan fingerprint density at radius 3 is 2.75 bits per heavy atom. The maximum absolute atomic E-state index is 10.6. The molecule has 1 heterocycles. The van der Waals surface area contributed by atoms with Crippen LogP contribution in [0.3, 0.4) is 0 Å². The van der Waals surface area contributed by atoms with Crippen LogP contribution in [0, 0.1) is 0 Å². The molecule has 0 unspecified atom stereocenters. The number of carboxylic acids is 1. The number of rotatable bonds is 2. The second kappa shape index (κ2) is 4.00. The maximum atomic E-state index is 10.6. The van der Waals surface area contributed by atoms with Gasteiger partial charge in [-0.2, -0.15) is 0 Å². The van der Waals surface area contributed by atoms with Crippen LogP contribution in [-0.2, 0) is 5.33 Å². The molecule has 64 valence electrons. The molecular weight excluding hydrogens is 290 g/mol. The van der Waals surface area contributed by atoms with E-state index in [-0.39, 0.29) is 5.69 Å². The van der Waals surface area contributed by atoms with E-state index in [9.17, 15) is 4.79 Å². The third kappa shape index (κ3) is 2.04. The number of hydrogen-bond acceptors (Lipinski definition) is 2. The molecule has 0 aliphatic carbocycles. The number of aromatic nitrogens is 1. The molecule has 0 aromatic carbocycles. The van der Waals surface area contributed by atoms with Gasteiger partial charge in [0.05, 0.1) is 0 Å². The molecule has 0 bridgehead atoms. The van der Waals surface area contributed by atoms with Crippen LogP contribution in [-0.4, -0.2) is 16.1 Å². The van der Waals surface area contributed by atoms with E-state index in [4.69, 9.17) is 5.11 Å². The third-order valence-electron chi connectivity index (χ3n) is 1.29. The Morgan fingerprint density at radius 2 is 2.25 bits per heavy atom. The highest BCUT2D eigenvalue weighted by Crippen LogP contribution is 2.14. The summed E-state index contributed by atoms with van der Waals surface area (Å²) in [7, 11) is 0. The average molecular weight is 295 g/mol. The fraction of sp³-hybridized carbons (Fsp3) is 0.143. The monoisotopic (exact) mass is 293 g/mol. The molecule has 0 spiro atoms. The van der Waals surface area contributed by atoms with E-state index in [0.717, 1.165) is 0 Å². The Morgan fingerprint density at radius 1 is 1.58 bits per heavy atom. The Balaban J connectivity index is 3.21. The van der Waals surface area contributed by atoms with Gasteiger partial charge >= 0.3 is 5.97 Å². The molecule has 0 aliphatic rings. The highest BCUT2D eigenvalue weighted by molar-refractivity contribution is 9.10. The molecule has 1 aromatic rings. The Bertz CT molecular complexity index is 314. The maximum Gasteiger partial charge on any atom is 0.354 e. The number of halogens is 2. The summed E-state index contributed by atoms with van der Waals surface area (Å²) in [5.41, 5.74) is 0.756. The summed E-state index contributed by atoms with van der Waals surface area (Å²) in [5.74, 6) is -1.01. The topological polar surface area (TPSA) is 50.2 Å². The minimum atomic E-state index is -1.01. The number of carbonyl (C=O) groups is 1. The highest BCUT2D eigenvalue weighted by Gasteiger charge is 2.10. The summed E-state index contributed by atoms with van der Waals surface area (Å²) in [6, 6.07) is 3.43. The first-order valence-corrected chi connectivity index (χ1v) is 5.01. The minimum absolute atomic E-state index is 0.0845. The number of pyridine rings is 1. The molecule has 12 heavy (non-hydrogen) atoms. The number of hydrogen-bond donors (Lipinski definition) is 1. The van der Waals surface area contributed by atoms with Gasteiger partial charge < -0.3 is 5.11 Å². The Hall–Kier alpha value is -0.420. The molecule has 0 atom stereocenters. The molecule has 1 rings (SSSR count). The number of aromatic carboxylic acids is 1. The SMILES string of the molecule is O=C(O)c1nc(Br)ccc1CBr. The van der Waals surface area contributed by atoms with Crippen molar-refractivity contribution in [2.75, 3.05) is 0 Å². The van der Waals surface area contributed by atoms with Crippen LogP contribution in [0.2, 0.25) is 0 Å². The lowest BCUT2D eigenvalue weighted by atomic mass is 10.2. The van der Waals surface area contributed by atoms with E-state index in [2.05, 4.69) is 36.8 Å². The molecule has 0 saturated carbocycles. The molecule has 5 heteroatoms. The van der Waals surface area contributed by atoms with Crippen molar-refractivity contribution in [3.8, 4) is 0 Å². The van der Waals surface area contributed by atoms with Crippen LogP contribution in [0.5, 0.6) is 0 Å². The summed E-state index contributed by atoms with van der Waals surface area (Å²) in [5, 5.41) is 9.21. The lowest BCUT2D eigenvalue weighted by molar-refractivity contribution is 0.0689. The first-order chi connectivity index (χ1) is 5.65. The van der Waals surface area contributed by atoms with Crippen LogP contribution in [0.15, 0.2) is 16.7 Å². The van der Waals surface area contributed by atoms with Crippen molar-refractivity contribution in [3.63, 3.8) is 0 Å². The van der Waals surface area contributed by atoms with Gasteiger partial charge in [0, 0.05) is 5.33 Å². The summed E-state index contributed by atoms with van der Waals surface area (Å²) >= 11 is 6.29. The number of carboxylic acid groups (broad SMARTS) is 1. The van der Waals surface area contributed by atoms with Crippen molar-refractivity contribution >= 4 is 37.8 Å². The Labute approximate surface area is 86.1 Å². The average Bonchev–Trinajstić information content (AvgIpc) is 2.04. The fourth-order valence-corrected chi connectivity index (χ4v) is 1.52. The van der Waals surface area contributed by atoms with Gasteiger partial charge in [-0.1, -0.05) is 22.0 Å². The summed E-state index contributed by atoms with van der Waals surface area (Å²) in [4.78, 5) is 14.5. The second-order valence-corrected chi connectivity index (χ2v) is 3.45. The first kappa shape index (κ1) is 9.67. The lowest BCUT2D eigenvalue weighted by Crippen LogP contribution is -2.04. The summed E-state index contributed by atoms with van der Waals surface area (Å²) in [6.07, 6.45) is 0. The molecule has 0 fully saturated rings. The van der Waals surface area contributed by atoms with Crippen molar-refractivity contribution in [1.29, 1.82) is 0 Å². The molecule has 1 aromatic heterocycles. The van der Waals surface area contributed by atoms with Crippen molar-refractivity contribution in [2.45, 2.75) is 5.33 Å². The molecule has 0 saturated heterocycles. The van der Waals surface area contributed by atoms with Gasteiger partial charge in [0.15, 0.2) is 5.69 Å². The van der Waals surface area contributed by atoms with Gasteiger partial charge in [-0.25, -0.2) is 9.78 Å². The largest absolute Gasteiger partial charge is 0.477 e. The van der Waals surface area contributed by atoms with E-state index in [1.54, 1.807) is 12.1 Å². The number of nitrogens with zero attached hydrogens (tertiary/aromatic N) is 1. The van der Waals surface area contributed by atoms with Crippen LogP contribution in [0.25, 0.3) is 0 Å². The minimum Gasteiger partial charge on any atom is -0.477 e. The molecule has 0 radical (unpaired) electrons. The van der Waals surface area contributed by atoms with E-state index < -0.39 is 5.97 Å².